The van der Waals surface area contributed by atoms with Gasteiger partial charge in [0.25, 0.3) is 0 Å². The van der Waals surface area contributed by atoms with Crippen molar-refractivity contribution in [2.45, 2.75) is 45.3 Å². The molecule has 0 aliphatic carbocycles. The number of nitrogens with one attached hydrogen (secondary N) is 4. The lowest BCUT2D eigenvalue weighted by molar-refractivity contribution is -0.149. The molecule has 0 aliphatic heterocycles. The van der Waals surface area contributed by atoms with E-state index in [9.17, 15) is 24.0 Å². The Kier molecular flexibility index (Phi) is 12.2. The van der Waals surface area contributed by atoms with Gasteiger partial charge in [-0.2, -0.15) is 0 Å². The summed E-state index contributed by atoms with van der Waals surface area (Å²) in [6, 6.07) is -3.37. The molecule has 0 fully saturated rings. The van der Waals surface area contributed by atoms with Gasteiger partial charge in [0.1, 0.15) is 18.1 Å². The fraction of sp³-hybridized carbons (Fsp3) is 0.706. The van der Waals surface area contributed by atoms with E-state index in [4.69, 9.17) is 10.8 Å². The monoisotopic (exact) mass is 417 g/mol. The van der Waals surface area contributed by atoms with Crippen molar-refractivity contribution in [2.75, 3.05) is 26.7 Å². The second kappa shape index (κ2) is 13.4. The number of methoxy groups -OCH3 is 1. The molecular weight excluding hydrogens is 386 g/mol. The van der Waals surface area contributed by atoms with Crippen LogP contribution in [0.2, 0.25) is 0 Å². The van der Waals surface area contributed by atoms with Crippen LogP contribution in [0.25, 0.3) is 0 Å². The molecule has 3 atom stereocenters. The minimum Gasteiger partial charge on any atom is -0.481 e. The second-order valence-corrected chi connectivity index (χ2v) is 6.67. The zero-order valence-electron chi connectivity index (χ0n) is 17.1. The highest BCUT2D eigenvalue weighted by molar-refractivity contribution is 5.94. The summed E-state index contributed by atoms with van der Waals surface area (Å²) < 4.78 is 4.46. The normalized spacial score (nSPS) is 13.7. The smallest absolute Gasteiger partial charge is 0.328 e. The minimum absolute atomic E-state index is 0.0141. The molecule has 0 aliphatic rings. The molecule has 0 saturated carbocycles. The van der Waals surface area contributed by atoms with E-state index in [1.54, 1.807) is 13.8 Å². The number of amides is 3. The molecular formula is C17H31N5O7. The van der Waals surface area contributed by atoms with E-state index in [1.165, 1.54) is 6.92 Å². The summed E-state index contributed by atoms with van der Waals surface area (Å²) in [5.41, 5.74) is 5.33. The number of hydrogen-bond acceptors (Lipinski definition) is 8. The van der Waals surface area contributed by atoms with Gasteiger partial charge in [0.2, 0.25) is 17.7 Å². The summed E-state index contributed by atoms with van der Waals surface area (Å²) in [6.45, 7) is 5.61. The van der Waals surface area contributed by atoms with Crippen LogP contribution in [0.4, 0.5) is 0 Å². The first kappa shape index (κ1) is 26.3. The lowest BCUT2D eigenvalue weighted by atomic mass is 10.0. The van der Waals surface area contributed by atoms with Crippen LogP contribution in [0, 0.1) is 5.92 Å². The Bertz CT molecular complexity index is 597. The maximum atomic E-state index is 12.5. The van der Waals surface area contributed by atoms with Crippen molar-refractivity contribution in [1.29, 1.82) is 0 Å². The fourth-order valence-corrected chi connectivity index (χ4v) is 2.24. The van der Waals surface area contributed by atoms with E-state index in [0.717, 1.165) is 7.11 Å². The average molecular weight is 417 g/mol. The number of esters is 1. The highest BCUT2D eigenvalue weighted by Crippen LogP contribution is 2.03. The van der Waals surface area contributed by atoms with Crippen molar-refractivity contribution >= 4 is 29.7 Å². The van der Waals surface area contributed by atoms with Crippen LogP contribution < -0.4 is 27.0 Å². The summed E-state index contributed by atoms with van der Waals surface area (Å²) in [6.07, 6.45) is -0.667. The molecule has 0 heterocycles. The number of carboxylic acids is 1. The molecule has 0 rings (SSSR count). The molecule has 0 aromatic carbocycles. The molecule has 0 saturated heterocycles. The molecule has 0 spiro atoms. The van der Waals surface area contributed by atoms with Crippen molar-refractivity contribution in [1.82, 2.24) is 21.3 Å². The van der Waals surface area contributed by atoms with Gasteiger partial charge in [-0.25, -0.2) is 4.79 Å². The molecule has 0 radical (unpaired) electrons. The third-order valence-corrected chi connectivity index (χ3v) is 3.81. The van der Waals surface area contributed by atoms with E-state index in [0.29, 0.717) is 13.1 Å². The maximum absolute atomic E-state index is 12.5. The zero-order chi connectivity index (χ0) is 22.6. The van der Waals surface area contributed by atoms with Crippen LogP contribution in [-0.2, 0) is 28.7 Å². The second-order valence-electron chi connectivity index (χ2n) is 6.67. The van der Waals surface area contributed by atoms with Gasteiger partial charge in [-0.3, -0.25) is 19.2 Å². The van der Waals surface area contributed by atoms with E-state index >= 15 is 0 Å². The summed E-state index contributed by atoms with van der Waals surface area (Å²) in [5, 5.41) is 18.9. The van der Waals surface area contributed by atoms with Crippen molar-refractivity contribution in [3.8, 4) is 0 Å². The van der Waals surface area contributed by atoms with Gasteiger partial charge < -0.3 is 36.8 Å². The maximum Gasteiger partial charge on any atom is 0.328 e. The van der Waals surface area contributed by atoms with E-state index in [2.05, 4.69) is 26.0 Å². The third-order valence-electron chi connectivity index (χ3n) is 3.81. The van der Waals surface area contributed by atoms with E-state index < -0.39 is 54.2 Å². The van der Waals surface area contributed by atoms with Crippen LogP contribution in [0.3, 0.4) is 0 Å². The predicted molar refractivity (Wildman–Crippen MR) is 102 cm³/mol. The zero-order valence-corrected chi connectivity index (χ0v) is 17.1. The molecule has 0 aromatic rings. The fourth-order valence-electron chi connectivity index (χ4n) is 2.24. The molecule has 12 nitrogen and oxygen atoms in total. The number of rotatable bonds is 13. The van der Waals surface area contributed by atoms with Crippen LogP contribution in [-0.4, -0.2) is 79.6 Å². The van der Waals surface area contributed by atoms with Crippen molar-refractivity contribution in [2.24, 2.45) is 11.7 Å². The van der Waals surface area contributed by atoms with Crippen molar-refractivity contribution < 1.29 is 33.8 Å². The lowest BCUT2D eigenvalue weighted by Crippen LogP contribution is -2.57. The summed E-state index contributed by atoms with van der Waals surface area (Å²) in [4.78, 5) is 59.1. The topological polar surface area (TPSA) is 189 Å². The molecule has 0 aromatic heterocycles. The number of carbonyl (C=O) groups is 5. The third kappa shape index (κ3) is 10.4. The molecule has 3 amide bonds. The van der Waals surface area contributed by atoms with Crippen molar-refractivity contribution in [3.63, 3.8) is 0 Å². The minimum atomic E-state index is -1.39. The van der Waals surface area contributed by atoms with E-state index in [-0.39, 0.29) is 12.5 Å². The molecule has 7 N–H and O–H groups in total. The first-order valence-corrected chi connectivity index (χ1v) is 9.13. The summed E-state index contributed by atoms with van der Waals surface area (Å²) >= 11 is 0. The number of hydrogen-bond donors (Lipinski definition) is 6. The van der Waals surface area contributed by atoms with Crippen LogP contribution in [0.15, 0.2) is 0 Å². The molecule has 166 valence electrons. The molecule has 0 bridgehead atoms. The number of ether oxygens (including phenoxy) is 1. The van der Waals surface area contributed by atoms with Gasteiger partial charge in [0.05, 0.1) is 20.1 Å². The van der Waals surface area contributed by atoms with Crippen LogP contribution >= 0.6 is 0 Å². The summed E-state index contributed by atoms with van der Waals surface area (Å²) in [5.74, 6) is -4.26. The first-order valence-electron chi connectivity index (χ1n) is 9.13. The van der Waals surface area contributed by atoms with Gasteiger partial charge in [-0.05, 0) is 12.8 Å². The van der Waals surface area contributed by atoms with Gasteiger partial charge in [0.15, 0.2) is 0 Å². The van der Waals surface area contributed by atoms with Gasteiger partial charge >= 0.3 is 11.9 Å². The molecule has 29 heavy (non-hydrogen) atoms. The highest BCUT2D eigenvalue weighted by atomic mass is 16.5. The SMILES string of the molecule is COC(=O)[C@H](CC(=O)O)NC(=O)[C@H](C)NC(=O)[C@@H](NC(=O)CNCCN)C(C)C. The van der Waals surface area contributed by atoms with Crippen LogP contribution in [0.1, 0.15) is 27.2 Å². The Labute approximate surface area is 169 Å². The first-order chi connectivity index (χ1) is 13.5. The Morgan fingerprint density at radius 3 is 2.10 bits per heavy atom. The Balaban J connectivity index is 4.90. The Morgan fingerprint density at radius 2 is 1.62 bits per heavy atom. The highest BCUT2D eigenvalue weighted by Gasteiger charge is 2.30. The quantitative estimate of drug-likeness (QED) is 0.137. The molecule has 0 unspecified atom stereocenters. The number of carbonyl (C=O) groups excluding carboxylic acids is 4. The van der Waals surface area contributed by atoms with Gasteiger partial charge in [0, 0.05) is 13.1 Å². The predicted octanol–water partition coefficient (Wildman–Crippen LogP) is -2.69. The Hall–Kier alpha value is -2.73. The average Bonchev–Trinajstić information content (AvgIpc) is 2.64. The van der Waals surface area contributed by atoms with E-state index in [1.807, 2.05) is 0 Å². The Morgan fingerprint density at radius 1 is 1.00 bits per heavy atom. The number of nitrogens with two attached hydrogens (primary N) is 1. The summed E-state index contributed by atoms with van der Waals surface area (Å²) in [7, 11) is 1.06. The standard InChI is InChI=1S/C17H31N5O7/c1-9(2)14(22-12(23)8-19-6-5-18)16(27)20-10(3)15(26)21-11(7-13(24)25)17(28)29-4/h9-11,14,19H,5-8,18H2,1-4H3,(H,20,27)(H,21,26)(H,22,23)(H,24,25)/t10-,11-,14-/m0/s1. The van der Waals surface area contributed by atoms with Crippen molar-refractivity contribution in [3.05, 3.63) is 0 Å². The lowest BCUT2D eigenvalue weighted by Gasteiger charge is -2.24. The van der Waals surface area contributed by atoms with Crippen LogP contribution in [0.5, 0.6) is 0 Å². The number of carboxylic acid groups (broad SMARTS) is 1. The van der Waals surface area contributed by atoms with Gasteiger partial charge in [-0.15, -0.1) is 0 Å². The molecule has 12 heteroatoms. The largest absolute Gasteiger partial charge is 0.481 e. The number of aliphatic carboxylic acids is 1. The van der Waals surface area contributed by atoms with Gasteiger partial charge in [-0.1, -0.05) is 13.8 Å².